The van der Waals surface area contributed by atoms with Crippen molar-refractivity contribution in [2.45, 2.75) is 53.5 Å². The molecule has 1 aromatic heterocycles. The summed E-state index contributed by atoms with van der Waals surface area (Å²) in [5, 5.41) is 4.44. The van der Waals surface area contributed by atoms with Crippen LogP contribution in [0.25, 0.3) is 0 Å². The van der Waals surface area contributed by atoms with E-state index in [0.717, 1.165) is 31.4 Å². The lowest BCUT2D eigenvalue weighted by atomic mass is 9.76. The minimum atomic E-state index is -0.277. The summed E-state index contributed by atoms with van der Waals surface area (Å²) in [5.74, 6) is -0.277. The second-order valence-electron chi connectivity index (χ2n) is 5.65. The van der Waals surface area contributed by atoms with Crippen LogP contribution in [-0.2, 0) is 24.1 Å². The van der Waals surface area contributed by atoms with E-state index < -0.39 is 0 Å². The molecule has 1 heterocycles. The first-order chi connectivity index (χ1) is 8.48. The predicted octanol–water partition coefficient (Wildman–Crippen LogP) is 2.59. The van der Waals surface area contributed by atoms with E-state index in [2.05, 4.69) is 25.9 Å². The molecule has 1 aliphatic carbocycles. The van der Waals surface area contributed by atoms with Crippen molar-refractivity contribution in [1.29, 1.82) is 0 Å². The van der Waals surface area contributed by atoms with Crippen LogP contribution in [0.1, 0.15) is 55.9 Å². The van der Waals surface area contributed by atoms with Crippen LogP contribution in [0.4, 0.5) is 0 Å². The van der Waals surface area contributed by atoms with Gasteiger partial charge in [0.25, 0.3) is 0 Å². The Morgan fingerprint density at radius 2 is 2.17 bits per heavy atom. The number of fused-ring (bicyclic) bond motifs is 1. The molecule has 18 heavy (non-hydrogen) atoms. The van der Waals surface area contributed by atoms with Crippen LogP contribution in [-0.4, -0.2) is 22.4 Å². The zero-order valence-corrected chi connectivity index (χ0v) is 11.7. The van der Waals surface area contributed by atoms with Gasteiger partial charge in [0.1, 0.15) is 0 Å². The zero-order valence-electron chi connectivity index (χ0n) is 11.7. The molecule has 0 amide bonds. The zero-order chi connectivity index (χ0) is 13.3. The third-order valence-corrected chi connectivity index (χ3v) is 3.63. The van der Waals surface area contributed by atoms with Crippen molar-refractivity contribution in [2.75, 3.05) is 6.61 Å². The maximum absolute atomic E-state index is 11.9. The van der Waals surface area contributed by atoms with Crippen molar-refractivity contribution >= 4 is 5.97 Å². The molecule has 0 saturated heterocycles. The molecule has 0 N–H and O–H groups in total. The molecule has 4 nitrogen and oxygen atoms in total. The molecular weight excluding hydrogens is 228 g/mol. The fraction of sp³-hybridized carbons (Fsp3) is 0.714. The summed E-state index contributed by atoms with van der Waals surface area (Å²) in [6.45, 7) is 9.63. The maximum Gasteiger partial charge on any atom is 0.359 e. The number of carbonyl (C=O) groups excluding carboxylic acids is 1. The van der Waals surface area contributed by atoms with E-state index in [1.54, 1.807) is 0 Å². The molecule has 2 rings (SSSR count). The molecule has 1 aliphatic rings. The minimum Gasteiger partial charge on any atom is -0.461 e. The molecule has 0 fully saturated rings. The van der Waals surface area contributed by atoms with Crippen LogP contribution in [0.3, 0.4) is 0 Å². The Labute approximate surface area is 108 Å². The molecule has 0 radical (unpaired) electrons. The van der Waals surface area contributed by atoms with Gasteiger partial charge in [0.2, 0.25) is 0 Å². The van der Waals surface area contributed by atoms with E-state index in [9.17, 15) is 4.79 Å². The van der Waals surface area contributed by atoms with Crippen molar-refractivity contribution in [3.63, 3.8) is 0 Å². The largest absolute Gasteiger partial charge is 0.461 e. The van der Waals surface area contributed by atoms with Gasteiger partial charge in [0.05, 0.1) is 6.61 Å². The summed E-state index contributed by atoms with van der Waals surface area (Å²) in [5.41, 5.74) is 3.15. The Kier molecular flexibility index (Phi) is 3.46. The van der Waals surface area contributed by atoms with Crippen molar-refractivity contribution in [3.05, 3.63) is 17.0 Å². The fourth-order valence-electron chi connectivity index (χ4n) is 2.62. The number of esters is 1. The average molecular weight is 250 g/mol. The van der Waals surface area contributed by atoms with Gasteiger partial charge in [0, 0.05) is 17.8 Å². The number of carbonyl (C=O) groups is 1. The lowest BCUT2D eigenvalue weighted by Crippen LogP contribution is -2.24. The van der Waals surface area contributed by atoms with Gasteiger partial charge in [-0.15, -0.1) is 0 Å². The highest BCUT2D eigenvalue weighted by Crippen LogP contribution is 2.36. The van der Waals surface area contributed by atoms with Crippen molar-refractivity contribution < 1.29 is 9.53 Å². The number of aromatic nitrogens is 2. The number of hydrogen-bond acceptors (Lipinski definition) is 3. The van der Waals surface area contributed by atoms with Crippen molar-refractivity contribution in [1.82, 2.24) is 9.78 Å². The Balaban J connectivity index is 2.41. The summed E-state index contributed by atoms with van der Waals surface area (Å²) in [6.07, 6.45) is 3.01. The molecule has 100 valence electrons. The number of nitrogens with zero attached hydrogens (tertiary/aromatic N) is 2. The first-order valence-corrected chi connectivity index (χ1v) is 6.74. The fourth-order valence-corrected chi connectivity index (χ4v) is 2.62. The summed E-state index contributed by atoms with van der Waals surface area (Å²) in [4.78, 5) is 11.9. The number of ether oxygens (including phenoxy) is 1. The van der Waals surface area contributed by atoms with Crippen molar-refractivity contribution in [2.24, 2.45) is 5.41 Å². The minimum absolute atomic E-state index is 0.277. The van der Waals surface area contributed by atoms with Crippen LogP contribution in [0, 0.1) is 5.41 Å². The molecule has 0 spiro atoms. The van der Waals surface area contributed by atoms with Crippen LogP contribution >= 0.6 is 0 Å². The van der Waals surface area contributed by atoms with E-state index in [4.69, 9.17) is 4.74 Å². The Morgan fingerprint density at radius 3 is 2.78 bits per heavy atom. The topological polar surface area (TPSA) is 44.1 Å². The van der Waals surface area contributed by atoms with E-state index in [0.29, 0.717) is 17.7 Å². The summed E-state index contributed by atoms with van der Waals surface area (Å²) in [6, 6.07) is 0. The van der Waals surface area contributed by atoms with Crippen LogP contribution in [0.2, 0.25) is 0 Å². The van der Waals surface area contributed by atoms with E-state index in [-0.39, 0.29) is 5.97 Å². The first-order valence-electron chi connectivity index (χ1n) is 6.74. The van der Waals surface area contributed by atoms with Gasteiger partial charge in [0.15, 0.2) is 5.69 Å². The van der Waals surface area contributed by atoms with Gasteiger partial charge in [-0.1, -0.05) is 13.8 Å². The summed E-state index contributed by atoms with van der Waals surface area (Å²) in [7, 11) is 0. The third kappa shape index (κ3) is 2.28. The van der Waals surface area contributed by atoms with E-state index in [1.807, 2.05) is 11.6 Å². The van der Waals surface area contributed by atoms with Crippen LogP contribution in [0.15, 0.2) is 0 Å². The van der Waals surface area contributed by atoms with Gasteiger partial charge in [-0.25, -0.2) is 4.79 Å². The lowest BCUT2D eigenvalue weighted by molar-refractivity contribution is 0.0516. The highest BCUT2D eigenvalue weighted by Gasteiger charge is 2.32. The highest BCUT2D eigenvalue weighted by atomic mass is 16.5. The molecule has 0 aliphatic heterocycles. The Bertz CT molecular complexity index is 461. The van der Waals surface area contributed by atoms with E-state index >= 15 is 0 Å². The van der Waals surface area contributed by atoms with Gasteiger partial charge < -0.3 is 4.74 Å². The Hall–Kier alpha value is -1.32. The molecule has 4 heteroatoms. The summed E-state index contributed by atoms with van der Waals surface area (Å²) < 4.78 is 7.05. The molecule has 1 aromatic rings. The predicted molar refractivity (Wildman–Crippen MR) is 69.7 cm³/mol. The lowest BCUT2D eigenvalue weighted by Gasteiger charge is -2.30. The second kappa shape index (κ2) is 4.75. The molecule has 0 saturated carbocycles. The first kappa shape index (κ1) is 13.1. The molecule has 0 aromatic carbocycles. The second-order valence-corrected chi connectivity index (χ2v) is 5.65. The number of rotatable bonds is 3. The standard InChI is InChI=1S/C14H22N2O2/c1-5-16-11-9-14(3,4)8-7-10(11)12(15-16)13(17)18-6-2/h5-9H2,1-4H3. The summed E-state index contributed by atoms with van der Waals surface area (Å²) >= 11 is 0. The molecule has 0 atom stereocenters. The number of hydrogen-bond donors (Lipinski definition) is 0. The van der Waals surface area contributed by atoms with Crippen LogP contribution < -0.4 is 0 Å². The number of aryl methyl sites for hydroxylation is 1. The van der Waals surface area contributed by atoms with Gasteiger partial charge >= 0.3 is 5.97 Å². The normalized spacial score (nSPS) is 17.3. The highest BCUT2D eigenvalue weighted by molar-refractivity contribution is 5.89. The van der Waals surface area contributed by atoms with E-state index in [1.165, 1.54) is 5.69 Å². The van der Waals surface area contributed by atoms with Crippen LogP contribution in [0.5, 0.6) is 0 Å². The smallest absolute Gasteiger partial charge is 0.359 e. The quantitative estimate of drug-likeness (QED) is 0.774. The van der Waals surface area contributed by atoms with Gasteiger partial charge in [-0.3, -0.25) is 4.68 Å². The van der Waals surface area contributed by atoms with Crippen molar-refractivity contribution in [3.8, 4) is 0 Å². The third-order valence-electron chi connectivity index (χ3n) is 3.63. The average Bonchev–Trinajstić information content (AvgIpc) is 2.65. The molecule has 0 bridgehead atoms. The SMILES string of the molecule is CCOC(=O)c1nn(CC)c2c1CCC(C)(C)C2. The van der Waals surface area contributed by atoms with Gasteiger partial charge in [-0.05, 0) is 38.5 Å². The monoisotopic (exact) mass is 250 g/mol. The maximum atomic E-state index is 11.9. The Morgan fingerprint density at radius 1 is 1.44 bits per heavy atom. The molecular formula is C14H22N2O2. The molecule has 0 unspecified atom stereocenters. The van der Waals surface area contributed by atoms with Gasteiger partial charge in [-0.2, -0.15) is 5.10 Å².